The van der Waals surface area contributed by atoms with E-state index in [1.54, 1.807) is 37.3 Å². The lowest BCUT2D eigenvalue weighted by Gasteiger charge is -2.05. The third kappa shape index (κ3) is 4.87. The van der Waals surface area contributed by atoms with Gasteiger partial charge in [-0.3, -0.25) is 4.79 Å². The number of halogens is 1. The predicted octanol–water partition coefficient (Wildman–Crippen LogP) is 3.24. The second-order valence-corrected chi connectivity index (χ2v) is 7.13. The van der Waals surface area contributed by atoms with Crippen molar-refractivity contribution < 1.29 is 18.7 Å². The van der Waals surface area contributed by atoms with Gasteiger partial charge in [0.2, 0.25) is 23.8 Å². The Hall–Kier alpha value is -3.60. The lowest BCUT2D eigenvalue weighted by atomic mass is 10.1. The quantitative estimate of drug-likeness (QED) is 0.301. The number of nitrogens with zero attached hydrogens (tertiary/aromatic N) is 3. The van der Waals surface area contributed by atoms with Crippen LogP contribution >= 0.6 is 11.8 Å². The maximum atomic E-state index is 13.0. The highest BCUT2D eigenvalue weighted by Gasteiger charge is 2.14. The topological polar surface area (TPSA) is 114 Å². The van der Waals surface area contributed by atoms with Gasteiger partial charge in [-0.1, -0.05) is 23.9 Å². The number of aromatic amines is 1. The molecule has 0 atom stereocenters. The Balaban J connectivity index is 1.27. The number of amides is 1. The number of aromatic nitrogens is 3. The molecule has 1 aliphatic rings. The van der Waals surface area contributed by atoms with E-state index in [1.807, 2.05) is 0 Å². The summed E-state index contributed by atoms with van der Waals surface area (Å²) >= 11 is 1.17. The Labute approximate surface area is 175 Å². The number of benzene rings is 2. The summed E-state index contributed by atoms with van der Waals surface area (Å²) in [5.74, 6) is 1.20. The first kappa shape index (κ1) is 19.7. The lowest BCUT2D eigenvalue weighted by Crippen LogP contribution is -2.14. The van der Waals surface area contributed by atoms with E-state index < -0.39 is 0 Å². The van der Waals surface area contributed by atoms with Crippen molar-refractivity contribution in [2.45, 2.75) is 12.1 Å². The molecule has 2 heterocycles. The summed E-state index contributed by atoms with van der Waals surface area (Å²) in [7, 11) is 0. The number of fused-ring (bicyclic) bond motifs is 1. The average Bonchev–Trinajstić information content (AvgIpc) is 3.40. The summed E-state index contributed by atoms with van der Waals surface area (Å²) < 4.78 is 23.5. The summed E-state index contributed by atoms with van der Waals surface area (Å²) in [4.78, 5) is 16.4. The van der Waals surface area contributed by atoms with E-state index in [4.69, 9.17) is 9.47 Å². The number of hydrazone groups is 1. The minimum absolute atomic E-state index is 0.129. The second kappa shape index (κ2) is 8.82. The number of carbonyl (C=O) groups is 1. The van der Waals surface area contributed by atoms with Crippen molar-refractivity contribution in [2.24, 2.45) is 5.10 Å². The van der Waals surface area contributed by atoms with E-state index in [2.05, 4.69) is 31.0 Å². The number of ether oxygens (including phenoxy) is 2. The van der Waals surface area contributed by atoms with Crippen LogP contribution in [0, 0.1) is 5.82 Å². The van der Waals surface area contributed by atoms with Crippen LogP contribution in [0.3, 0.4) is 0 Å². The molecule has 0 radical (unpaired) electrons. The first-order chi connectivity index (χ1) is 14.6. The fourth-order valence-electron chi connectivity index (χ4n) is 2.55. The van der Waals surface area contributed by atoms with Gasteiger partial charge >= 0.3 is 0 Å². The smallest absolute Gasteiger partial charge is 0.240 e. The Kier molecular flexibility index (Phi) is 5.80. The van der Waals surface area contributed by atoms with Crippen LogP contribution in [0.15, 0.2) is 52.7 Å². The number of thioether (sulfide) groups is 1. The zero-order valence-corrected chi connectivity index (χ0v) is 16.6. The summed E-state index contributed by atoms with van der Waals surface area (Å²) in [6.45, 7) is 1.96. The van der Waals surface area contributed by atoms with Gasteiger partial charge < -0.3 is 14.8 Å². The summed E-state index contributed by atoms with van der Waals surface area (Å²) in [6.07, 6.45) is 0. The molecule has 4 rings (SSSR count). The standard InChI is InChI=1S/C19H17FN6O3S/c1-11(12-2-4-13(20)5-3-12)23-24-18-22-19(26-25-18)30-9-17(27)21-14-6-7-15-16(8-14)29-10-28-15/h2-8H,9-10H2,1H3,(H,21,27)(H2,22,24,25,26)/b23-11-. The van der Waals surface area contributed by atoms with Crippen LogP contribution in [0.1, 0.15) is 12.5 Å². The number of rotatable bonds is 7. The summed E-state index contributed by atoms with van der Waals surface area (Å²) in [5, 5.41) is 14.1. The largest absolute Gasteiger partial charge is 0.454 e. The molecule has 2 aromatic carbocycles. The van der Waals surface area contributed by atoms with Crippen LogP contribution in [0.25, 0.3) is 0 Å². The molecule has 9 nitrogen and oxygen atoms in total. The van der Waals surface area contributed by atoms with Gasteiger partial charge in [-0.25, -0.2) is 14.9 Å². The first-order valence-electron chi connectivity index (χ1n) is 8.88. The zero-order chi connectivity index (χ0) is 20.9. The van der Waals surface area contributed by atoms with Crippen molar-refractivity contribution in [1.29, 1.82) is 0 Å². The van der Waals surface area contributed by atoms with Gasteiger partial charge in [0, 0.05) is 11.8 Å². The monoisotopic (exact) mass is 428 g/mol. The van der Waals surface area contributed by atoms with E-state index in [-0.39, 0.29) is 24.3 Å². The predicted molar refractivity (Wildman–Crippen MR) is 111 cm³/mol. The highest BCUT2D eigenvalue weighted by molar-refractivity contribution is 7.99. The lowest BCUT2D eigenvalue weighted by molar-refractivity contribution is -0.113. The molecule has 3 aromatic rings. The summed E-state index contributed by atoms with van der Waals surface area (Å²) in [6, 6.07) is 11.2. The number of hydrogen-bond donors (Lipinski definition) is 3. The Morgan fingerprint density at radius 3 is 2.87 bits per heavy atom. The maximum absolute atomic E-state index is 13.0. The van der Waals surface area contributed by atoms with Gasteiger partial charge in [0.05, 0.1) is 11.5 Å². The Morgan fingerprint density at radius 1 is 1.23 bits per heavy atom. The number of carbonyl (C=O) groups excluding carboxylic acids is 1. The van der Waals surface area contributed by atoms with E-state index in [0.29, 0.717) is 34.0 Å². The van der Waals surface area contributed by atoms with E-state index in [9.17, 15) is 9.18 Å². The van der Waals surface area contributed by atoms with Gasteiger partial charge in [0.15, 0.2) is 11.5 Å². The molecule has 0 aliphatic carbocycles. The molecule has 0 fully saturated rings. The highest BCUT2D eigenvalue weighted by atomic mass is 32.2. The van der Waals surface area contributed by atoms with Gasteiger partial charge in [0.1, 0.15) is 5.82 Å². The molecule has 3 N–H and O–H groups in total. The number of H-pyrrole nitrogens is 1. The van der Waals surface area contributed by atoms with Gasteiger partial charge in [-0.05, 0) is 36.8 Å². The molecule has 154 valence electrons. The third-order valence-corrected chi connectivity index (χ3v) is 4.89. The van der Waals surface area contributed by atoms with Crippen molar-refractivity contribution in [3.8, 4) is 11.5 Å². The van der Waals surface area contributed by atoms with Crippen molar-refractivity contribution in [1.82, 2.24) is 15.2 Å². The van der Waals surface area contributed by atoms with Gasteiger partial charge in [-0.2, -0.15) is 10.1 Å². The van der Waals surface area contributed by atoms with Crippen molar-refractivity contribution in [3.63, 3.8) is 0 Å². The number of anilines is 2. The number of nitrogens with one attached hydrogen (secondary N) is 3. The Bertz CT molecular complexity index is 1090. The van der Waals surface area contributed by atoms with Crippen LogP contribution < -0.4 is 20.2 Å². The van der Waals surface area contributed by atoms with Crippen LogP contribution in [0.2, 0.25) is 0 Å². The minimum atomic E-state index is -0.307. The van der Waals surface area contributed by atoms with E-state index >= 15 is 0 Å². The Morgan fingerprint density at radius 2 is 2.03 bits per heavy atom. The molecule has 30 heavy (non-hydrogen) atoms. The molecule has 1 amide bonds. The third-order valence-electron chi connectivity index (χ3n) is 4.05. The zero-order valence-electron chi connectivity index (χ0n) is 15.8. The van der Waals surface area contributed by atoms with Crippen LogP contribution in [0.5, 0.6) is 11.5 Å². The first-order valence-corrected chi connectivity index (χ1v) is 9.86. The summed E-state index contributed by atoms with van der Waals surface area (Å²) in [5.41, 5.74) is 4.81. The van der Waals surface area contributed by atoms with Crippen molar-refractivity contribution in [2.75, 3.05) is 23.3 Å². The van der Waals surface area contributed by atoms with E-state index in [0.717, 1.165) is 5.56 Å². The van der Waals surface area contributed by atoms with Crippen LogP contribution in [-0.4, -0.2) is 39.3 Å². The number of hydrogen-bond acceptors (Lipinski definition) is 8. The van der Waals surface area contributed by atoms with E-state index in [1.165, 1.54) is 23.9 Å². The van der Waals surface area contributed by atoms with Crippen LogP contribution in [0.4, 0.5) is 16.0 Å². The van der Waals surface area contributed by atoms with Gasteiger partial charge in [0.25, 0.3) is 0 Å². The average molecular weight is 428 g/mol. The fraction of sp³-hybridized carbons (Fsp3) is 0.158. The molecule has 1 aliphatic heterocycles. The molecule has 0 saturated carbocycles. The molecular weight excluding hydrogens is 411 g/mol. The molecule has 0 unspecified atom stereocenters. The molecule has 11 heteroatoms. The SMILES string of the molecule is C/C(=N/Nc1nc(SCC(=O)Nc2ccc3c(c2)OCO3)n[nH]1)c1ccc(F)cc1. The normalized spacial score (nSPS) is 12.7. The molecule has 0 bridgehead atoms. The highest BCUT2D eigenvalue weighted by Crippen LogP contribution is 2.34. The second-order valence-electron chi connectivity index (χ2n) is 6.19. The van der Waals surface area contributed by atoms with Gasteiger partial charge in [-0.15, -0.1) is 5.10 Å². The fourth-order valence-corrected chi connectivity index (χ4v) is 3.15. The minimum Gasteiger partial charge on any atom is -0.454 e. The molecule has 0 spiro atoms. The van der Waals surface area contributed by atoms with Crippen molar-refractivity contribution >= 4 is 35.0 Å². The van der Waals surface area contributed by atoms with Crippen LogP contribution in [-0.2, 0) is 4.79 Å². The molecule has 0 saturated heterocycles. The van der Waals surface area contributed by atoms with Crippen molar-refractivity contribution in [3.05, 3.63) is 53.8 Å². The molecule has 1 aromatic heterocycles. The molecular formula is C19H17FN6O3S. The maximum Gasteiger partial charge on any atom is 0.240 e.